The van der Waals surface area contributed by atoms with Gasteiger partial charge in [0.25, 0.3) is 0 Å². The van der Waals surface area contributed by atoms with Crippen molar-refractivity contribution in [2.45, 2.75) is 33.1 Å². The monoisotopic (exact) mass is 351 g/mol. The number of carbonyl (C=O) groups excluding carboxylic acids is 1. The minimum absolute atomic E-state index is 0. The SMILES string of the molecule is CCOC(=O)/C=C/C[N+]1=C(C)C(C)(C)c2ccccc21.[Br-]. The first-order valence-corrected chi connectivity index (χ1v) is 7.03. The third-order valence-electron chi connectivity index (χ3n) is 4.01. The highest BCUT2D eigenvalue weighted by atomic mass is 79.9. The van der Waals surface area contributed by atoms with Gasteiger partial charge in [0, 0.05) is 24.6 Å². The Labute approximate surface area is 137 Å². The van der Waals surface area contributed by atoms with Crippen molar-refractivity contribution in [2.75, 3.05) is 13.2 Å². The van der Waals surface area contributed by atoms with Crippen LogP contribution in [0.1, 0.15) is 33.3 Å². The molecule has 0 amide bonds. The smallest absolute Gasteiger partial charge is 0.330 e. The molecule has 0 fully saturated rings. The van der Waals surface area contributed by atoms with Crippen LogP contribution in [0.2, 0.25) is 0 Å². The van der Waals surface area contributed by atoms with Gasteiger partial charge in [-0.15, -0.1) is 0 Å². The normalized spacial score (nSPS) is 15.8. The van der Waals surface area contributed by atoms with E-state index in [1.54, 1.807) is 0 Å². The van der Waals surface area contributed by atoms with Crippen molar-refractivity contribution in [3.8, 4) is 0 Å². The molecule has 0 radical (unpaired) electrons. The number of hydrogen-bond donors (Lipinski definition) is 0. The fourth-order valence-corrected chi connectivity index (χ4v) is 2.63. The van der Waals surface area contributed by atoms with Gasteiger partial charge in [0.1, 0.15) is 0 Å². The molecule has 1 aliphatic heterocycles. The lowest BCUT2D eigenvalue weighted by atomic mass is 9.82. The number of halogens is 1. The van der Waals surface area contributed by atoms with Gasteiger partial charge in [-0.3, -0.25) is 0 Å². The molecule has 0 saturated carbocycles. The van der Waals surface area contributed by atoms with E-state index in [0.29, 0.717) is 13.2 Å². The first kappa shape index (κ1) is 17.6. The molecule has 0 bridgehead atoms. The van der Waals surface area contributed by atoms with Crippen molar-refractivity contribution in [1.82, 2.24) is 0 Å². The van der Waals surface area contributed by atoms with E-state index in [4.69, 9.17) is 4.74 Å². The van der Waals surface area contributed by atoms with Gasteiger partial charge in [0.05, 0.1) is 12.0 Å². The van der Waals surface area contributed by atoms with Gasteiger partial charge < -0.3 is 21.7 Å². The summed E-state index contributed by atoms with van der Waals surface area (Å²) in [4.78, 5) is 11.3. The number of ether oxygens (including phenoxy) is 1. The van der Waals surface area contributed by atoms with Crippen molar-refractivity contribution in [1.29, 1.82) is 0 Å². The summed E-state index contributed by atoms with van der Waals surface area (Å²) >= 11 is 0. The quantitative estimate of drug-likeness (QED) is 0.440. The molecule has 4 heteroatoms. The van der Waals surface area contributed by atoms with Crippen LogP contribution in [0.15, 0.2) is 36.4 Å². The summed E-state index contributed by atoms with van der Waals surface area (Å²) in [5, 5.41) is 0. The van der Waals surface area contributed by atoms with Crippen LogP contribution in [0.5, 0.6) is 0 Å². The molecule has 0 spiro atoms. The lowest BCUT2D eigenvalue weighted by Crippen LogP contribution is -3.00. The third kappa shape index (κ3) is 3.43. The molecular weight excluding hydrogens is 330 g/mol. The van der Waals surface area contributed by atoms with Crippen LogP contribution in [-0.4, -0.2) is 29.4 Å². The van der Waals surface area contributed by atoms with E-state index >= 15 is 0 Å². The van der Waals surface area contributed by atoms with E-state index in [-0.39, 0.29) is 28.4 Å². The number of nitrogens with zero attached hydrogens (tertiary/aromatic N) is 1. The fraction of sp³-hybridized carbons (Fsp3) is 0.412. The van der Waals surface area contributed by atoms with Crippen molar-refractivity contribution in [3.05, 3.63) is 42.0 Å². The summed E-state index contributed by atoms with van der Waals surface area (Å²) in [5.41, 5.74) is 3.90. The van der Waals surface area contributed by atoms with Crippen molar-refractivity contribution >= 4 is 17.4 Å². The number of fused-ring (bicyclic) bond motifs is 1. The van der Waals surface area contributed by atoms with Gasteiger partial charge in [-0.2, -0.15) is 4.58 Å². The molecule has 0 aliphatic carbocycles. The van der Waals surface area contributed by atoms with Gasteiger partial charge in [0.15, 0.2) is 12.3 Å². The Hall–Kier alpha value is -1.42. The van der Waals surface area contributed by atoms with Crippen LogP contribution >= 0.6 is 0 Å². The maximum Gasteiger partial charge on any atom is 0.330 e. The Kier molecular flexibility index (Phi) is 5.90. The second-order valence-corrected chi connectivity index (χ2v) is 5.49. The Bertz CT molecular complexity index is 588. The molecule has 0 N–H and O–H groups in total. The molecular formula is C17H22BrNO2. The predicted octanol–water partition coefficient (Wildman–Crippen LogP) is 0.206. The van der Waals surface area contributed by atoms with E-state index in [2.05, 4.69) is 49.6 Å². The van der Waals surface area contributed by atoms with Crippen LogP contribution in [-0.2, 0) is 14.9 Å². The van der Waals surface area contributed by atoms with Crippen LogP contribution in [0.25, 0.3) is 0 Å². The standard InChI is InChI=1S/C17H22NO2.BrH/c1-5-20-16(19)11-8-12-18-13(2)17(3,4)14-9-6-7-10-15(14)18;/h6-11H,5,12H2,1-4H3;1H/q+1;/p-1/b11-8+;. The highest BCUT2D eigenvalue weighted by Crippen LogP contribution is 2.38. The highest BCUT2D eigenvalue weighted by Gasteiger charge is 2.42. The Balaban J connectivity index is 0.00000220. The van der Waals surface area contributed by atoms with Crippen molar-refractivity contribution in [3.63, 3.8) is 0 Å². The number of benzene rings is 1. The molecule has 114 valence electrons. The van der Waals surface area contributed by atoms with Gasteiger partial charge in [0.2, 0.25) is 5.69 Å². The zero-order valence-corrected chi connectivity index (χ0v) is 14.6. The first-order chi connectivity index (χ1) is 9.48. The minimum Gasteiger partial charge on any atom is -1.00 e. The average molecular weight is 352 g/mol. The predicted molar refractivity (Wildman–Crippen MR) is 80.7 cm³/mol. The minimum atomic E-state index is -0.281. The van der Waals surface area contributed by atoms with Crippen LogP contribution in [0.4, 0.5) is 5.69 Å². The first-order valence-electron chi connectivity index (χ1n) is 7.03. The number of para-hydroxylation sites is 1. The maximum absolute atomic E-state index is 11.3. The van der Waals surface area contributed by atoms with Gasteiger partial charge in [-0.25, -0.2) is 4.79 Å². The maximum atomic E-state index is 11.3. The van der Waals surface area contributed by atoms with Crippen LogP contribution in [0, 0.1) is 0 Å². The number of carbonyl (C=O) groups is 1. The summed E-state index contributed by atoms with van der Waals surface area (Å²) in [7, 11) is 0. The molecule has 0 unspecified atom stereocenters. The zero-order chi connectivity index (χ0) is 14.8. The molecule has 1 aromatic rings. The topological polar surface area (TPSA) is 29.3 Å². The number of esters is 1. The lowest BCUT2D eigenvalue weighted by molar-refractivity contribution is -0.426. The van der Waals surface area contributed by atoms with Crippen LogP contribution < -0.4 is 17.0 Å². The Morgan fingerprint density at radius 3 is 2.67 bits per heavy atom. The second kappa shape index (κ2) is 7.03. The summed E-state index contributed by atoms with van der Waals surface area (Å²) in [6, 6.07) is 8.43. The van der Waals surface area contributed by atoms with Gasteiger partial charge >= 0.3 is 5.97 Å². The van der Waals surface area contributed by atoms with E-state index < -0.39 is 0 Å². The third-order valence-corrected chi connectivity index (χ3v) is 4.01. The Morgan fingerprint density at radius 1 is 1.33 bits per heavy atom. The molecule has 2 rings (SSSR count). The van der Waals surface area contributed by atoms with E-state index in [0.717, 1.165) is 0 Å². The molecule has 0 saturated heterocycles. The highest BCUT2D eigenvalue weighted by molar-refractivity contribution is 5.93. The van der Waals surface area contributed by atoms with Crippen LogP contribution in [0.3, 0.4) is 0 Å². The molecule has 3 nitrogen and oxygen atoms in total. The summed E-state index contributed by atoms with van der Waals surface area (Å²) in [6.07, 6.45) is 3.37. The summed E-state index contributed by atoms with van der Waals surface area (Å²) < 4.78 is 7.15. The summed E-state index contributed by atoms with van der Waals surface area (Å²) in [5.74, 6) is -0.281. The number of rotatable bonds is 4. The van der Waals surface area contributed by atoms with E-state index in [1.165, 1.54) is 23.0 Å². The molecule has 1 aliphatic rings. The molecule has 1 aromatic carbocycles. The zero-order valence-electron chi connectivity index (χ0n) is 13.0. The van der Waals surface area contributed by atoms with Gasteiger partial charge in [-0.1, -0.05) is 18.2 Å². The molecule has 21 heavy (non-hydrogen) atoms. The van der Waals surface area contributed by atoms with E-state index in [1.807, 2.05) is 13.0 Å². The average Bonchev–Trinajstić information content (AvgIpc) is 2.61. The largest absolute Gasteiger partial charge is 1.00 e. The number of hydrogen-bond acceptors (Lipinski definition) is 2. The molecule has 1 heterocycles. The van der Waals surface area contributed by atoms with Crippen molar-refractivity contribution < 1.29 is 31.1 Å². The molecule has 0 aromatic heterocycles. The van der Waals surface area contributed by atoms with Crippen molar-refractivity contribution in [2.24, 2.45) is 0 Å². The lowest BCUT2D eigenvalue weighted by Gasteiger charge is -2.14. The molecule has 0 atom stereocenters. The van der Waals surface area contributed by atoms with Gasteiger partial charge in [-0.05, 0) is 26.8 Å². The summed E-state index contributed by atoms with van der Waals surface area (Å²) in [6.45, 7) is 9.52. The fourth-order valence-electron chi connectivity index (χ4n) is 2.63. The second-order valence-electron chi connectivity index (χ2n) is 5.49. The Morgan fingerprint density at radius 2 is 2.00 bits per heavy atom. The van der Waals surface area contributed by atoms with E-state index in [9.17, 15) is 4.79 Å².